The Morgan fingerprint density at radius 2 is 0.889 bits per heavy atom. The van der Waals surface area contributed by atoms with Crippen molar-refractivity contribution in [2.75, 3.05) is 16.0 Å². The highest BCUT2D eigenvalue weighted by molar-refractivity contribution is 5.42. The van der Waals surface area contributed by atoms with Gasteiger partial charge in [0.1, 0.15) is 17.3 Å². The molecule has 0 spiro atoms. The van der Waals surface area contributed by atoms with Crippen LogP contribution in [0.25, 0.3) is 0 Å². The molecule has 9 heteroatoms. The molecular formula is C18H18N6O3. The van der Waals surface area contributed by atoms with Crippen LogP contribution in [0.1, 0.15) is 17.3 Å². The van der Waals surface area contributed by atoms with Crippen molar-refractivity contribution in [3.63, 3.8) is 0 Å². The van der Waals surface area contributed by atoms with Crippen LogP contribution in [0.5, 0.6) is 0 Å². The molecular weight excluding hydrogens is 348 g/mol. The van der Waals surface area contributed by atoms with Crippen LogP contribution in [-0.2, 0) is 19.6 Å². The number of anilines is 3. The van der Waals surface area contributed by atoms with E-state index < -0.39 is 0 Å². The molecule has 0 saturated carbocycles. The molecule has 0 unspecified atom stereocenters. The second-order valence-electron chi connectivity index (χ2n) is 5.60. The van der Waals surface area contributed by atoms with Gasteiger partial charge < -0.3 is 29.2 Å². The van der Waals surface area contributed by atoms with Crippen molar-refractivity contribution in [2.45, 2.75) is 19.6 Å². The molecule has 4 aromatic heterocycles. The van der Waals surface area contributed by atoms with Crippen LogP contribution >= 0.6 is 0 Å². The highest BCUT2D eigenvalue weighted by Crippen LogP contribution is 2.13. The molecule has 9 nitrogen and oxygen atoms in total. The summed E-state index contributed by atoms with van der Waals surface area (Å²) in [7, 11) is 0. The molecule has 0 aliphatic carbocycles. The highest BCUT2D eigenvalue weighted by Gasteiger charge is 2.08. The quantitative estimate of drug-likeness (QED) is 0.409. The van der Waals surface area contributed by atoms with Crippen molar-refractivity contribution < 1.29 is 13.3 Å². The first-order valence-electron chi connectivity index (χ1n) is 8.40. The van der Waals surface area contributed by atoms with Crippen molar-refractivity contribution >= 4 is 17.8 Å². The van der Waals surface area contributed by atoms with Gasteiger partial charge in [0.2, 0.25) is 17.8 Å². The zero-order chi connectivity index (χ0) is 18.3. The predicted octanol–water partition coefficient (Wildman–Crippen LogP) is 3.49. The number of nitrogens with zero attached hydrogens (tertiary/aromatic N) is 3. The summed E-state index contributed by atoms with van der Waals surface area (Å²) in [5.41, 5.74) is 0. The van der Waals surface area contributed by atoms with E-state index in [1.54, 1.807) is 18.8 Å². The maximum Gasteiger partial charge on any atom is 0.229 e. The average Bonchev–Trinajstić information content (AvgIpc) is 3.46. The van der Waals surface area contributed by atoms with Gasteiger partial charge in [-0.05, 0) is 36.4 Å². The number of furan rings is 3. The summed E-state index contributed by atoms with van der Waals surface area (Å²) in [5, 5.41) is 9.39. The Morgan fingerprint density at radius 3 is 1.15 bits per heavy atom. The minimum absolute atomic E-state index is 0.422. The van der Waals surface area contributed by atoms with Crippen molar-refractivity contribution in [3.05, 3.63) is 72.5 Å². The third-order valence-electron chi connectivity index (χ3n) is 3.64. The molecule has 4 heterocycles. The number of hydrogen-bond acceptors (Lipinski definition) is 9. The van der Waals surface area contributed by atoms with Gasteiger partial charge in [0, 0.05) is 0 Å². The van der Waals surface area contributed by atoms with E-state index in [2.05, 4.69) is 30.9 Å². The molecule has 4 aromatic rings. The normalized spacial score (nSPS) is 10.7. The molecule has 0 amide bonds. The summed E-state index contributed by atoms with van der Waals surface area (Å²) in [6, 6.07) is 11.1. The smallest absolute Gasteiger partial charge is 0.229 e. The number of hydrogen-bond donors (Lipinski definition) is 3. The molecule has 0 aromatic carbocycles. The van der Waals surface area contributed by atoms with Crippen molar-refractivity contribution in [3.8, 4) is 0 Å². The molecule has 27 heavy (non-hydrogen) atoms. The van der Waals surface area contributed by atoms with E-state index in [1.807, 2.05) is 36.4 Å². The summed E-state index contributed by atoms with van der Waals surface area (Å²) < 4.78 is 16.0. The zero-order valence-electron chi connectivity index (χ0n) is 14.4. The third kappa shape index (κ3) is 4.66. The lowest BCUT2D eigenvalue weighted by Gasteiger charge is -2.10. The Hall–Kier alpha value is -3.75. The Morgan fingerprint density at radius 1 is 0.556 bits per heavy atom. The lowest BCUT2D eigenvalue weighted by Crippen LogP contribution is -2.12. The standard InChI is InChI=1S/C18H18N6O3/c1-4-13(25-7-1)10-19-16-22-17(20-11-14-5-2-8-26-14)24-18(23-16)21-12-15-6-3-9-27-15/h1-9H,10-12H2,(H3,19,20,21,22,23,24). The Labute approximate surface area is 154 Å². The van der Waals surface area contributed by atoms with Crippen molar-refractivity contribution in [2.24, 2.45) is 0 Å². The molecule has 0 fully saturated rings. The third-order valence-corrected chi connectivity index (χ3v) is 3.64. The second-order valence-corrected chi connectivity index (χ2v) is 5.60. The van der Waals surface area contributed by atoms with E-state index in [4.69, 9.17) is 13.3 Å². The van der Waals surface area contributed by atoms with Gasteiger partial charge in [-0.1, -0.05) is 0 Å². The summed E-state index contributed by atoms with van der Waals surface area (Å²) in [4.78, 5) is 13.2. The van der Waals surface area contributed by atoms with Gasteiger partial charge >= 0.3 is 0 Å². The van der Waals surface area contributed by atoms with Gasteiger partial charge in [-0.3, -0.25) is 0 Å². The highest BCUT2D eigenvalue weighted by atomic mass is 16.3. The van der Waals surface area contributed by atoms with Crippen LogP contribution in [0.4, 0.5) is 17.8 Å². The van der Waals surface area contributed by atoms with Crippen LogP contribution in [0.3, 0.4) is 0 Å². The Bertz CT molecular complexity index is 799. The molecule has 0 aliphatic heterocycles. The minimum atomic E-state index is 0.422. The van der Waals surface area contributed by atoms with Crippen LogP contribution < -0.4 is 16.0 Å². The van der Waals surface area contributed by atoms with Crippen LogP contribution in [0.15, 0.2) is 68.4 Å². The summed E-state index contributed by atoms with van der Waals surface area (Å²) in [6.07, 6.45) is 4.87. The monoisotopic (exact) mass is 366 g/mol. The summed E-state index contributed by atoms with van der Waals surface area (Å²) in [5.74, 6) is 3.61. The first-order valence-corrected chi connectivity index (χ1v) is 8.40. The molecule has 0 saturated heterocycles. The van der Waals surface area contributed by atoms with Crippen LogP contribution in [0.2, 0.25) is 0 Å². The number of aromatic nitrogens is 3. The topological polar surface area (TPSA) is 114 Å². The van der Waals surface area contributed by atoms with Crippen molar-refractivity contribution in [1.82, 2.24) is 15.0 Å². The van der Waals surface area contributed by atoms with E-state index in [0.29, 0.717) is 37.5 Å². The lowest BCUT2D eigenvalue weighted by molar-refractivity contribution is 0.516. The fourth-order valence-electron chi connectivity index (χ4n) is 2.35. The SMILES string of the molecule is c1coc(CNc2nc(NCc3ccco3)nc(NCc3ccco3)n2)c1. The zero-order valence-corrected chi connectivity index (χ0v) is 14.4. The fraction of sp³-hybridized carbons (Fsp3) is 0.167. The van der Waals surface area contributed by atoms with Gasteiger partial charge in [0.25, 0.3) is 0 Å². The van der Waals surface area contributed by atoms with E-state index in [1.165, 1.54) is 0 Å². The number of nitrogens with one attached hydrogen (secondary N) is 3. The molecule has 0 bridgehead atoms. The Balaban J connectivity index is 1.47. The average molecular weight is 366 g/mol. The van der Waals surface area contributed by atoms with E-state index in [9.17, 15) is 0 Å². The van der Waals surface area contributed by atoms with Crippen LogP contribution in [0, 0.1) is 0 Å². The maximum atomic E-state index is 5.32. The van der Waals surface area contributed by atoms with Gasteiger partial charge in [-0.25, -0.2) is 0 Å². The lowest BCUT2D eigenvalue weighted by atomic mass is 10.4. The van der Waals surface area contributed by atoms with Gasteiger partial charge in [-0.15, -0.1) is 0 Å². The van der Waals surface area contributed by atoms with Gasteiger partial charge in [0.15, 0.2) is 0 Å². The summed E-state index contributed by atoms with van der Waals surface area (Å²) >= 11 is 0. The molecule has 138 valence electrons. The van der Waals surface area contributed by atoms with E-state index >= 15 is 0 Å². The maximum absolute atomic E-state index is 5.32. The molecule has 4 rings (SSSR count). The van der Waals surface area contributed by atoms with Gasteiger partial charge in [0.05, 0.1) is 38.4 Å². The van der Waals surface area contributed by atoms with E-state index in [-0.39, 0.29) is 0 Å². The minimum Gasteiger partial charge on any atom is -0.467 e. The van der Waals surface area contributed by atoms with E-state index in [0.717, 1.165) is 17.3 Å². The van der Waals surface area contributed by atoms with Gasteiger partial charge in [-0.2, -0.15) is 15.0 Å². The first kappa shape index (κ1) is 16.7. The Kier molecular flexibility index (Phi) is 5.00. The molecule has 0 aliphatic rings. The summed E-state index contributed by atoms with van der Waals surface area (Å²) in [6.45, 7) is 1.39. The van der Waals surface area contributed by atoms with Crippen molar-refractivity contribution in [1.29, 1.82) is 0 Å². The molecule has 0 radical (unpaired) electrons. The molecule has 3 N–H and O–H groups in total. The largest absolute Gasteiger partial charge is 0.467 e. The molecule has 0 atom stereocenters. The predicted molar refractivity (Wildman–Crippen MR) is 97.9 cm³/mol. The first-order chi connectivity index (χ1) is 13.3. The second kappa shape index (κ2) is 8.09. The fourth-order valence-corrected chi connectivity index (χ4v) is 2.35. The number of rotatable bonds is 9. The van der Waals surface area contributed by atoms with Crippen LogP contribution in [-0.4, -0.2) is 15.0 Å².